The quantitative estimate of drug-likeness (QED) is 0.544. The van der Waals surface area contributed by atoms with Crippen molar-refractivity contribution in [2.75, 3.05) is 7.11 Å². The van der Waals surface area contributed by atoms with Crippen LogP contribution >= 0.6 is 0 Å². The van der Waals surface area contributed by atoms with Crippen molar-refractivity contribution in [2.24, 2.45) is 0 Å². The van der Waals surface area contributed by atoms with E-state index >= 15 is 0 Å². The topological polar surface area (TPSA) is 29.5 Å². The zero-order valence-corrected chi connectivity index (χ0v) is 10.2. The van der Waals surface area contributed by atoms with Gasteiger partial charge in [0.05, 0.1) is 7.11 Å². The van der Waals surface area contributed by atoms with Gasteiger partial charge < -0.3 is 9.76 Å². The number of fused-ring (bicyclic) bond motifs is 2. The van der Waals surface area contributed by atoms with Gasteiger partial charge in [-0.25, -0.2) is 0 Å². The molecule has 0 aliphatic carbocycles. The van der Waals surface area contributed by atoms with Crippen molar-refractivity contribution in [1.82, 2.24) is 0 Å². The van der Waals surface area contributed by atoms with Crippen LogP contribution in [0.15, 0.2) is 48.5 Å². The van der Waals surface area contributed by atoms with E-state index in [-0.39, 0.29) is 7.48 Å². The van der Waals surface area contributed by atoms with E-state index in [1.165, 1.54) is 0 Å². The van der Waals surface area contributed by atoms with Crippen LogP contribution in [0.2, 0.25) is 0 Å². The normalized spacial score (nSPS) is 10.8. The van der Waals surface area contributed by atoms with E-state index in [9.17, 15) is 5.02 Å². The predicted molar refractivity (Wildman–Crippen MR) is 77.0 cm³/mol. The molecule has 0 aliphatic heterocycles. The maximum absolute atomic E-state index is 9.66. The molecule has 1 N–H and O–H groups in total. The van der Waals surface area contributed by atoms with E-state index in [1.54, 1.807) is 7.11 Å². The number of rotatable bonds is 2. The molecule has 0 atom stereocenters. The zero-order valence-electron chi connectivity index (χ0n) is 10.2. The van der Waals surface area contributed by atoms with E-state index in [2.05, 4.69) is 0 Å². The number of benzene rings is 3. The summed E-state index contributed by atoms with van der Waals surface area (Å²) in [6.45, 7) is 0. The van der Waals surface area contributed by atoms with Crippen LogP contribution in [0, 0.1) is 0 Å². The minimum Gasteiger partial charge on any atom is -0.495 e. The lowest BCUT2D eigenvalue weighted by molar-refractivity contribution is 0.424. The Morgan fingerprint density at radius 1 is 0.833 bits per heavy atom. The highest BCUT2D eigenvalue weighted by Crippen LogP contribution is 2.32. The maximum Gasteiger partial charge on any atom is 0.306 e. The first kappa shape index (κ1) is 11.1. The molecule has 0 saturated carbocycles. The van der Waals surface area contributed by atoms with Crippen LogP contribution < -0.4 is 10.2 Å². The second-order valence-corrected chi connectivity index (χ2v) is 4.26. The summed E-state index contributed by atoms with van der Waals surface area (Å²) in [5, 5.41) is 13.8. The number of methoxy groups -OCH3 is 1. The standard InChI is InChI=1S/C15H13BO2/c1-18-15-12-8-4-2-6-10(12)14(16-17)11-7-3-5-9-13(11)15/h2-9,16-17H,1H3. The van der Waals surface area contributed by atoms with E-state index < -0.39 is 0 Å². The molecule has 0 radical (unpaired) electrons. The molecule has 3 aromatic carbocycles. The molecule has 0 spiro atoms. The minimum absolute atomic E-state index is 0.0328. The third kappa shape index (κ3) is 1.48. The summed E-state index contributed by atoms with van der Waals surface area (Å²) in [6, 6.07) is 16.0. The average molecular weight is 236 g/mol. The summed E-state index contributed by atoms with van der Waals surface area (Å²) in [5.41, 5.74) is 0.960. The van der Waals surface area contributed by atoms with E-state index in [4.69, 9.17) is 4.74 Å². The Kier molecular flexibility index (Phi) is 2.69. The Hall–Kier alpha value is -2.00. The van der Waals surface area contributed by atoms with Crippen LogP contribution in [0.4, 0.5) is 0 Å². The van der Waals surface area contributed by atoms with Gasteiger partial charge in [0.15, 0.2) is 0 Å². The molecule has 0 unspecified atom stereocenters. The van der Waals surface area contributed by atoms with Gasteiger partial charge in [-0.15, -0.1) is 0 Å². The lowest BCUT2D eigenvalue weighted by Gasteiger charge is -2.13. The van der Waals surface area contributed by atoms with Gasteiger partial charge in [-0.3, -0.25) is 0 Å². The number of ether oxygens (including phenoxy) is 1. The molecule has 0 aliphatic rings. The SMILES string of the molecule is COc1c2ccccc2c(BO)c2ccccc12. The molecule has 0 saturated heterocycles. The molecule has 0 bridgehead atoms. The minimum atomic E-state index is 0.0328. The van der Waals surface area contributed by atoms with Gasteiger partial charge in [-0.1, -0.05) is 48.5 Å². The summed E-state index contributed by atoms with van der Waals surface area (Å²) in [6.07, 6.45) is 0. The van der Waals surface area contributed by atoms with Gasteiger partial charge in [0.1, 0.15) is 5.75 Å². The Labute approximate surface area is 106 Å². The van der Waals surface area contributed by atoms with E-state index in [0.29, 0.717) is 0 Å². The smallest absolute Gasteiger partial charge is 0.306 e. The maximum atomic E-state index is 9.66. The second-order valence-electron chi connectivity index (χ2n) is 4.26. The molecular weight excluding hydrogens is 223 g/mol. The van der Waals surface area contributed by atoms with Crippen LogP contribution in [0.1, 0.15) is 0 Å². The molecule has 0 amide bonds. The van der Waals surface area contributed by atoms with E-state index in [1.807, 2.05) is 48.5 Å². The highest BCUT2D eigenvalue weighted by atomic mass is 16.5. The number of hydrogen-bond donors (Lipinski definition) is 1. The monoisotopic (exact) mass is 236 g/mol. The fraction of sp³-hybridized carbons (Fsp3) is 0.0667. The van der Waals surface area contributed by atoms with Crippen molar-refractivity contribution < 1.29 is 9.76 Å². The molecule has 0 heterocycles. The fourth-order valence-electron chi connectivity index (χ4n) is 2.57. The van der Waals surface area contributed by atoms with Crippen molar-refractivity contribution in [1.29, 1.82) is 0 Å². The summed E-state index contributed by atoms with van der Waals surface area (Å²) < 4.78 is 5.56. The third-order valence-electron chi connectivity index (χ3n) is 3.36. The third-order valence-corrected chi connectivity index (χ3v) is 3.36. The summed E-state index contributed by atoms with van der Waals surface area (Å²) in [5.74, 6) is 0.874. The molecule has 2 nitrogen and oxygen atoms in total. The number of hydrogen-bond acceptors (Lipinski definition) is 2. The van der Waals surface area contributed by atoms with Gasteiger partial charge in [-0.2, -0.15) is 0 Å². The molecule has 0 fully saturated rings. The lowest BCUT2D eigenvalue weighted by atomic mass is 9.80. The van der Waals surface area contributed by atoms with Gasteiger partial charge in [0, 0.05) is 10.8 Å². The fourth-order valence-corrected chi connectivity index (χ4v) is 2.57. The van der Waals surface area contributed by atoms with Crippen LogP contribution in [0.25, 0.3) is 21.5 Å². The van der Waals surface area contributed by atoms with Crippen molar-refractivity contribution in [2.45, 2.75) is 0 Å². The van der Waals surface area contributed by atoms with Crippen LogP contribution in [0.3, 0.4) is 0 Å². The molecule has 0 aromatic heterocycles. The van der Waals surface area contributed by atoms with E-state index in [0.717, 1.165) is 32.8 Å². The van der Waals surface area contributed by atoms with Crippen LogP contribution in [0.5, 0.6) is 5.75 Å². The first-order chi connectivity index (χ1) is 8.86. The molecule has 18 heavy (non-hydrogen) atoms. The largest absolute Gasteiger partial charge is 0.495 e. The van der Waals surface area contributed by atoms with Crippen LogP contribution in [-0.4, -0.2) is 19.6 Å². The van der Waals surface area contributed by atoms with Gasteiger partial charge >= 0.3 is 7.48 Å². The molecule has 88 valence electrons. The lowest BCUT2D eigenvalue weighted by Crippen LogP contribution is -2.16. The predicted octanol–water partition coefficient (Wildman–Crippen LogP) is 1.97. The first-order valence-electron chi connectivity index (χ1n) is 5.94. The first-order valence-corrected chi connectivity index (χ1v) is 5.94. The highest BCUT2D eigenvalue weighted by Gasteiger charge is 2.13. The average Bonchev–Trinajstić information content (AvgIpc) is 2.44. The summed E-state index contributed by atoms with van der Waals surface area (Å²) in [4.78, 5) is 0. The molecule has 3 rings (SSSR count). The van der Waals surface area contributed by atoms with Gasteiger partial charge in [0.25, 0.3) is 0 Å². The Morgan fingerprint density at radius 2 is 1.28 bits per heavy atom. The van der Waals surface area contributed by atoms with Gasteiger partial charge in [-0.05, 0) is 16.2 Å². The molecule has 3 heteroatoms. The second kappa shape index (κ2) is 4.35. The Bertz CT molecular complexity index is 603. The summed E-state index contributed by atoms with van der Waals surface area (Å²) >= 11 is 0. The highest BCUT2D eigenvalue weighted by molar-refractivity contribution is 6.55. The molecule has 3 aromatic rings. The van der Waals surface area contributed by atoms with Crippen molar-refractivity contribution in [3.63, 3.8) is 0 Å². The van der Waals surface area contributed by atoms with Gasteiger partial charge in [0.2, 0.25) is 0 Å². The zero-order chi connectivity index (χ0) is 12.5. The molecular formula is C15H13BO2. The Morgan fingerprint density at radius 3 is 1.67 bits per heavy atom. The van der Waals surface area contributed by atoms with Crippen molar-refractivity contribution >= 4 is 34.5 Å². The van der Waals surface area contributed by atoms with Crippen molar-refractivity contribution in [3.05, 3.63) is 48.5 Å². The summed E-state index contributed by atoms with van der Waals surface area (Å²) in [7, 11) is 1.72. The Balaban J connectivity index is 2.61. The van der Waals surface area contributed by atoms with Crippen LogP contribution in [-0.2, 0) is 0 Å². The van der Waals surface area contributed by atoms with Crippen molar-refractivity contribution in [3.8, 4) is 5.75 Å².